The smallest absolute Gasteiger partial charge is 0.0636 e. The first kappa shape index (κ1) is 9.34. The first-order chi connectivity index (χ1) is 3.27. The fourth-order valence-corrected chi connectivity index (χ4v) is 0. The molecule has 0 amide bonds. The molecule has 7 heavy (non-hydrogen) atoms. The number of carboxylic acid groups (broad SMARTS) is 1. The molecule has 0 aromatic heterocycles. The number of carbonyl (C=O) groups excluding carboxylic acids is 1. The van der Waals surface area contributed by atoms with E-state index in [0.29, 0.717) is 0 Å². The number of hydrogen-bond acceptors (Lipinski definition) is 2. The highest BCUT2D eigenvalue weighted by Gasteiger charge is 1.55. The Bertz CT molecular complexity index is 66.5. The van der Waals surface area contributed by atoms with Gasteiger partial charge in [0.15, 0.2) is 0 Å². The quantitative estimate of drug-likeness (QED) is 0.335. The zero-order chi connectivity index (χ0) is 6.28. The van der Waals surface area contributed by atoms with Gasteiger partial charge in [-0.15, -0.1) is 13.2 Å². The second-order valence-corrected chi connectivity index (χ2v) is 0.523. The molecule has 0 N–H and O–H groups in total. The molecular weight excluding hydrogens is 92.1 g/mol. The summed E-state index contributed by atoms with van der Waals surface area (Å²) in [6.07, 6.45) is 0.722. The highest BCUT2D eigenvalue weighted by atomic mass is 16.4. The van der Waals surface area contributed by atoms with E-state index in [-0.39, 0.29) is 0 Å². The van der Waals surface area contributed by atoms with Gasteiger partial charge >= 0.3 is 0 Å². The first-order valence-electron chi connectivity index (χ1n) is 1.61. The Balaban J connectivity index is 0. The molecule has 0 heterocycles. The molecule has 0 saturated carbocycles. The molecule has 0 rings (SSSR count). The molecular formula is C5H7O2-. The van der Waals surface area contributed by atoms with Gasteiger partial charge in [-0.2, -0.15) is 0 Å². The van der Waals surface area contributed by atoms with E-state index in [9.17, 15) is 0 Å². The van der Waals surface area contributed by atoms with Crippen LogP contribution in [0.1, 0.15) is 0 Å². The van der Waals surface area contributed by atoms with Crippen LogP contribution in [0.4, 0.5) is 0 Å². The van der Waals surface area contributed by atoms with Crippen molar-refractivity contribution >= 4 is 5.97 Å². The molecule has 0 aromatic carbocycles. The predicted octanol–water partition coefficient (Wildman–Crippen LogP) is -0.276. The monoisotopic (exact) mass is 99.0 g/mol. The standard InChI is InChI=1S/C3H4O2.C2H4/c1-2-3(4)5;1-2/h2H,1H2,(H,4,5);1-2H2/p-1. The molecule has 2 nitrogen and oxygen atoms in total. The van der Waals surface area contributed by atoms with Crippen molar-refractivity contribution in [2.24, 2.45) is 0 Å². The fraction of sp³-hybridized carbons (Fsp3) is 0. The number of rotatable bonds is 1. The third-order valence-corrected chi connectivity index (χ3v) is 0.167. The zero-order valence-electron chi connectivity index (χ0n) is 4.02. The number of hydrogen-bond donors (Lipinski definition) is 0. The van der Waals surface area contributed by atoms with Crippen LogP contribution >= 0.6 is 0 Å². The van der Waals surface area contributed by atoms with Crippen LogP contribution in [0.25, 0.3) is 0 Å². The SMILES string of the molecule is C=C.C=CC(=O)[O-]. The predicted molar refractivity (Wildman–Crippen MR) is 26.5 cm³/mol. The maximum atomic E-state index is 9.14. The van der Waals surface area contributed by atoms with Gasteiger partial charge in [0, 0.05) is 0 Å². The largest absolute Gasteiger partial charge is 0.545 e. The van der Waals surface area contributed by atoms with Gasteiger partial charge in [0.2, 0.25) is 0 Å². The molecule has 2 heteroatoms. The maximum absolute atomic E-state index is 9.14. The summed E-state index contributed by atoms with van der Waals surface area (Å²) in [6.45, 7) is 8.90. The minimum absolute atomic E-state index is 0.722. The van der Waals surface area contributed by atoms with Gasteiger partial charge in [-0.1, -0.05) is 6.58 Å². The van der Waals surface area contributed by atoms with E-state index >= 15 is 0 Å². The lowest BCUT2D eigenvalue weighted by atomic mass is 10.7. The lowest BCUT2D eigenvalue weighted by molar-refractivity contribution is -0.297. The van der Waals surface area contributed by atoms with Crippen LogP contribution in [0, 0.1) is 0 Å². The summed E-state index contributed by atoms with van der Waals surface area (Å²) < 4.78 is 0. The minimum Gasteiger partial charge on any atom is -0.545 e. The average Bonchev–Trinajstić information content (AvgIpc) is 1.73. The molecule has 0 radical (unpaired) electrons. The fourth-order valence-electron chi connectivity index (χ4n) is 0. The van der Waals surface area contributed by atoms with Crippen LogP contribution in [0.5, 0.6) is 0 Å². The summed E-state index contributed by atoms with van der Waals surface area (Å²) in [6, 6.07) is 0. The molecule has 0 aliphatic rings. The maximum Gasteiger partial charge on any atom is 0.0636 e. The Labute approximate surface area is 42.8 Å². The van der Waals surface area contributed by atoms with Crippen molar-refractivity contribution in [3.63, 3.8) is 0 Å². The summed E-state index contributed by atoms with van der Waals surface area (Å²) in [5, 5.41) is 9.14. The van der Waals surface area contributed by atoms with Crippen molar-refractivity contribution in [2.75, 3.05) is 0 Å². The molecule has 0 unspecified atom stereocenters. The minimum atomic E-state index is -1.23. The van der Waals surface area contributed by atoms with Gasteiger partial charge in [0.25, 0.3) is 0 Å². The summed E-state index contributed by atoms with van der Waals surface area (Å²) in [4.78, 5) is 9.14. The van der Waals surface area contributed by atoms with E-state index in [1.54, 1.807) is 0 Å². The molecule has 40 valence electrons. The van der Waals surface area contributed by atoms with Crippen molar-refractivity contribution in [2.45, 2.75) is 0 Å². The average molecular weight is 99.1 g/mol. The Morgan fingerprint density at radius 3 is 1.71 bits per heavy atom. The molecule has 0 spiro atoms. The van der Waals surface area contributed by atoms with Gasteiger partial charge < -0.3 is 9.90 Å². The summed E-state index contributed by atoms with van der Waals surface area (Å²) in [5.74, 6) is -1.23. The Hall–Kier alpha value is -1.05. The lowest BCUT2D eigenvalue weighted by Crippen LogP contribution is -2.17. The summed E-state index contributed by atoms with van der Waals surface area (Å²) in [7, 11) is 0. The van der Waals surface area contributed by atoms with Crippen LogP contribution in [-0.4, -0.2) is 5.97 Å². The third-order valence-electron chi connectivity index (χ3n) is 0.167. The van der Waals surface area contributed by atoms with E-state index in [1.165, 1.54) is 0 Å². The number of carboxylic acids is 1. The lowest BCUT2D eigenvalue weighted by Gasteiger charge is -1.81. The molecule has 0 saturated heterocycles. The van der Waals surface area contributed by atoms with E-state index in [0.717, 1.165) is 6.08 Å². The van der Waals surface area contributed by atoms with Gasteiger partial charge in [-0.25, -0.2) is 0 Å². The Kier molecular flexibility index (Phi) is 11.8. The van der Waals surface area contributed by atoms with Crippen molar-refractivity contribution < 1.29 is 9.90 Å². The molecule has 0 fully saturated rings. The molecule has 0 aliphatic carbocycles. The normalized spacial score (nSPS) is 5.14. The van der Waals surface area contributed by atoms with Crippen LogP contribution in [-0.2, 0) is 4.79 Å². The third kappa shape index (κ3) is 47.7. The van der Waals surface area contributed by atoms with E-state index in [2.05, 4.69) is 19.7 Å². The Morgan fingerprint density at radius 2 is 1.71 bits per heavy atom. The second-order valence-electron chi connectivity index (χ2n) is 0.523. The van der Waals surface area contributed by atoms with Crippen LogP contribution in [0.2, 0.25) is 0 Å². The first-order valence-corrected chi connectivity index (χ1v) is 1.61. The molecule has 0 aromatic rings. The van der Waals surface area contributed by atoms with Gasteiger partial charge in [0.1, 0.15) is 0 Å². The summed E-state index contributed by atoms with van der Waals surface area (Å²) in [5.41, 5.74) is 0. The van der Waals surface area contributed by atoms with Gasteiger partial charge in [-0.05, 0) is 6.08 Å². The molecule has 0 aliphatic heterocycles. The highest BCUT2D eigenvalue weighted by Crippen LogP contribution is 1.47. The van der Waals surface area contributed by atoms with Crippen LogP contribution < -0.4 is 5.11 Å². The highest BCUT2D eigenvalue weighted by molar-refractivity contribution is 5.76. The van der Waals surface area contributed by atoms with Crippen LogP contribution in [0.15, 0.2) is 25.8 Å². The van der Waals surface area contributed by atoms with Crippen molar-refractivity contribution in [1.29, 1.82) is 0 Å². The summed E-state index contributed by atoms with van der Waals surface area (Å²) >= 11 is 0. The number of carbonyl (C=O) groups is 1. The second kappa shape index (κ2) is 8.87. The zero-order valence-corrected chi connectivity index (χ0v) is 4.02. The Morgan fingerprint density at radius 1 is 1.57 bits per heavy atom. The van der Waals surface area contributed by atoms with E-state index in [4.69, 9.17) is 9.90 Å². The van der Waals surface area contributed by atoms with Gasteiger partial charge in [0.05, 0.1) is 5.97 Å². The molecule has 0 atom stereocenters. The van der Waals surface area contributed by atoms with Crippen molar-refractivity contribution in [3.05, 3.63) is 25.8 Å². The van der Waals surface area contributed by atoms with E-state index < -0.39 is 5.97 Å². The molecule has 0 bridgehead atoms. The van der Waals surface area contributed by atoms with Gasteiger partial charge in [-0.3, -0.25) is 0 Å². The van der Waals surface area contributed by atoms with Crippen LogP contribution in [0.3, 0.4) is 0 Å². The number of aliphatic carboxylic acids is 1. The van der Waals surface area contributed by atoms with E-state index in [1.807, 2.05) is 0 Å². The van der Waals surface area contributed by atoms with Crippen molar-refractivity contribution in [1.82, 2.24) is 0 Å². The topological polar surface area (TPSA) is 40.1 Å². The van der Waals surface area contributed by atoms with Crippen molar-refractivity contribution in [3.8, 4) is 0 Å².